The Labute approximate surface area is 146 Å². The predicted molar refractivity (Wildman–Crippen MR) is 92.7 cm³/mol. The molecule has 0 atom stereocenters. The van der Waals surface area contributed by atoms with Gasteiger partial charge in [0.2, 0.25) is 5.91 Å². The molecule has 2 aliphatic heterocycles. The van der Waals surface area contributed by atoms with Crippen LogP contribution in [-0.4, -0.2) is 59.1 Å². The fraction of sp³-hybridized carbons (Fsp3) is 0.500. The van der Waals surface area contributed by atoms with Gasteiger partial charge in [-0.2, -0.15) is 0 Å². The minimum Gasteiger partial charge on any atom is -0.473 e. The van der Waals surface area contributed by atoms with E-state index in [0.717, 1.165) is 38.2 Å². The molecule has 0 aliphatic carbocycles. The van der Waals surface area contributed by atoms with Gasteiger partial charge < -0.3 is 15.1 Å². The first-order chi connectivity index (χ1) is 12.0. The van der Waals surface area contributed by atoms with E-state index >= 15 is 0 Å². The number of rotatable bonds is 2. The predicted octanol–water partition coefficient (Wildman–Crippen LogP) is 1.61. The maximum atomic E-state index is 12.5. The van der Waals surface area contributed by atoms with Gasteiger partial charge in [-0.1, -0.05) is 24.6 Å². The number of fused-ring (bicyclic) bond motifs is 1. The summed E-state index contributed by atoms with van der Waals surface area (Å²) < 4.78 is 0. The van der Waals surface area contributed by atoms with E-state index in [1.165, 1.54) is 24.8 Å². The van der Waals surface area contributed by atoms with Crippen LogP contribution < -0.4 is 4.90 Å². The number of aliphatic carboxylic acids is 2. The zero-order valence-electron chi connectivity index (χ0n) is 14.2. The second-order valence-electron chi connectivity index (χ2n) is 6.22. The maximum absolute atomic E-state index is 12.5. The van der Waals surface area contributed by atoms with Gasteiger partial charge in [-0.15, -0.1) is 0 Å². The number of amides is 1. The van der Waals surface area contributed by atoms with E-state index in [4.69, 9.17) is 19.8 Å². The first-order valence-corrected chi connectivity index (χ1v) is 8.56. The smallest absolute Gasteiger partial charge is 0.414 e. The second-order valence-corrected chi connectivity index (χ2v) is 6.22. The Kier molecular flexibility index (Phi) is 6.94. The summed E-state index contributed by atoms with van der Waals surface area (Å²) in [5, 5.41) is 14.8. The number of hydrogen-bond donors (Lipinski definition) is 2. The van der Waals surface area contributed by atoms with Crippen LogP contribution in [0.1, 0.15) is 31.2 Å². The number of carboxylic acid groups (broad SMARTS) is 2. The molecular formula is C18H24N2O5. The van der Waals surface area contributed by atoms with Crippen molar-refractivity contribution in [2.45, 2.75) is 32.1 Å². The molecule has 136 valence electrons. The highest BCUT2D eigenvalue weighted by atomic mass is 16.4. The number of aryl methyl sites for hydroxylation is 1. The van der Waals surface area contributed by atoms with Crippen LogP contribution in [0.15, 0.2) is 24.3 Å². The molecule has 1 fully saturated rings. The van der Waals surface area contributed by atoms with E-state index in [1.54, 1.807) is 0 Å². The van der Waals surface area contributed by atoms with E-state index in [-0.39, 0.29) is 5.91 Å². The summed E-state index contributed by atoms with van der Waals surface area (Å²) in [6.45, 7) is 3.64. The molecule has 0 saturated carbocycles. The lowest BCUT2D eigenvalue weighted by Crippen LogP contribution is -2.44. The molecule has 1 saturated heterocycles. The number of anilines is 1. The van der Waals surface area contributed by atoms with Crippen molar-refractivity contribution in [3.8, 4) is 0 Å². The van der Waals surface area contributed by atoms with E-state index < -0.39 is 11.9 Å². The van der Waals surface area contributed by atoms with E-state index in [9.17, 15) is 4.79 Å². The Morgan fingerprint density at radius 2 is 1.52 bits per heavy atom. The highest BCUT2D eigenvalue weighted by molar-refractivity contribution is 6.27. The van der Waals surface area contributed by atoms with E-state index in [1.807, 2.05) is 11.0 Å². The van der Waals surface area contributed by atoms with Gasteiger partial charge in [-0.25, -0.2) is 9.59 Å². The highest BCUT2D eigenvalue weighted by Gasteiger charge is 2.24. The van der Waals surface area contributed by atoms with Crippen LogP contribution >= 0.6 is 0 Å². The van der Waals surface area contributed by atoms with Crippen molar-refractivity contribution in [2.24, 2.45) is 0 Å². The molecule has 0 unspecified atom stereocenters. The zero-order valence-corrected chi connectivity index (χ0v) is 14.2. The average molecular weight is 348 g/mol. The van der Waals surface area contributed by atoms with Gasteiger partial charge in [0.25, 0.3) is 0 Å². The third kappa shape index (κ3) is 5.56. The van der Waals surface area contributed by atoms with Crippen LogP contribution in [0.4, 0.5) is 5.69 Å². The molecule has 0 spiro atoms. The molecule has 0 radical (unpaired) electrons. The van der Waals surface area contributed by atoms with E-state index in [2.05, 4.69) is 23.1 Å². The molecule has 1 aromatic carbocycles. The number of hydrogen-bond acceptors (Lipinski definition) is 4. The Hall–Kier alpha value is -2.41. The summed E-state index contributed by atoms with van der Waals surface area (Å²) in [7, 11) is 0. The lowest BCUT2D eigenvalue weighted by Gasteiger charge is -2.32. The summed E-state index contributed by atoms with van der Waals surface area (Å²) >= 11 is 0. The first-order valence-electron chi connectivity index (χ1n) is 8.56. The molecule has 2 aliphatic rings. The lowest BCUT2D eigenvalue weighted by molar-refractivity contribution is -0.159. The number of carboxylic acids is 2. The highest BCUT2D eigenvalue weighted by Crippen LogP contribution is 2.26. The van der Waals surface area contributed by atoms with Crippen molar-refractivity contribution >= 4 is 23.5 Å². The number of likely N-dealkylation sites (tertiary alicyclic amines) is 1. The summed E-state index contributed by atoms with van der Waals surface area (Å²) in [6.07, 6.45) is 5.98. The number of para-hydroxylation sites is 1. The van der Waals surface area contributed by atoms with Gasteiger partial charge in [0.15, 0.2) is 0 Å². The quantitative estimate of drug-likeness (QED) is 0.788. The number of carbonyl (C=O) groups is 3. The molecule has 7 heteroatoms. The number of carbonyl (C=O) groups excluding carboxylic acids is 1. The van der Waals surface area contributed by atoms with Crippen LogP contribution in [0.5, 0.6) is 0 Å². The molecule has 25 heavy (non-hydrogen) atoms. The minimum atomic E-state index is -1.82. The van der Waals surface area contributed by atoms with Gasteiger partial charge in [0.05, 0.1) is 6.54 Å². The second kappa shape index (κ2) is 9.17. The standard InChI is InChI=1S/C16H22N2O.C2H2O4/c19-16(13-17-10-4-1-5-11-17)18-12-6-8-14-7-2-3-9-15(14)18;3-1(4)2(5)6/h2-3,7,9H,1,4-6,8,10-13H2;(H,3,4)(H,5,6). The lowest BCUT2D eigenvalue weighted by atomic mass is 10.0. The average Bonchev–Trinajstić information content (AvgIpc) is 2.62. The van der Waals surface area contributed by atoms with Crippen LogP contribution in [-0.2, 0) is 20.8 Å². The molecule has 1 aromatic rings. The Bertz CT molecular complexity index is 614. The van der Waals surface area contributed by atoms with Crippen molar-refractivity contribution in [1.82, 2.24) is 4.90 Å². The fourth-order valence-corrected chi connectivity index (χ4v) is 3.19. The molecule has 7 nitrogen and oxygen atoms in total. The maximum Gasteiger partial charge on any atom is 0.414 e. The first kappa shape index (κ1) is 18.9. The fourth-order valence-electron chi connectivity index (χ4n) is 3.19. The van der Waals surface area contributed by atoms with Gasteiger partial charge in [-0.05, 0) is 50.4 Å². The Balaban J connectivity index is 0.000000326. The van der Waals surface area contributed by atoms with Crippen LogP contribution in [0.3, 0.4) is 0 Å². The Morgan fingerprint density at radius 3 is 2.16 bits per heavy atom. The largest absolute Gasteiger partial charge is 0.473 e. The molecule has 2 N–H and O–H groups in total. The molecular weight excluding hydrogens is 324 g/mol. The van der Waals surface area contributed by atoms with Crippen molar-refractivity contribution < 1.29 is 24.6 Å². The summed E-state index contributed by atoms with van der Waals surface area (Å²) in [4.78, 5) is 35.0. The molecule has 2 heterocycles. The molecule has 0 bridgehead atoms. The third-order valence-corrected chi connectivity index (χ3v) is 4.40. The molecule has 1 amide bonds. The van der Waals surface area contributed by atoms with Gasteiger partial charge in [0, 0.05) is 12.2 Å². The van der Waals surface area contributed by atoms with Crippen LogP contribution in [0.2, 0.25) is 0 Å². The number of piperidine rings is 1. The van der Waals surface area contributed by atoms with Crippen molar-refractivity contribution in [2.75, 3.05) is 31.1 Å². The van der Waals surface area contributed by atoms with Gasteiger partial charge in [0.1, 0.15) is 0 Å². The monoisotopic (exact) mass is 348 g/mol. The number of nitrogens with zero attached hydrogens (tertiary/aromatic N) is 2. The zero-order chi connectivity index (χ0) is 18.2. The Morgan fingerprint density at radius 1 is 0.880 bits per heavy atom. The van der Waals surface area contributed by atoms with Crippen LogP contribution in [0, 0.1) is 0 Å². The van der Waals surface area contributed by atoms with E-state index in [0.29, 0.717) is 6.54 Å². The van der Waals surface area contributed by atoms with Crippen molar-refractivity contribution in [3.05, 3.63) is 29.8 Å². The summed E-state index contributed by atoms with van der Waals surface area (Å²) in [5.41, 5.74) is 2.46. The van der Waals surface area contributed by atoms with Gasteiger partial charge in [-0.3, -0.25) is 9.69 Å². The molecule has 3 rings (SSSR count). The van der Waals surface area contributed by atoms with Crippen LogP contribution in [0.25, 0.3) is 0 Å². The third-order valence-electron chi connectivity index (χ3n) is 4.40. The van der Waals surface area contributed by atoms with Crippen molar-refractivity contribution in [1.29, 1.82) is 0 Å². The minimum absolute atomic E-state index is 0.272. The van der Waals surface area contributed by atoms with Crippen molar-refractivity contribution in [3.63, 3.8) is 0 Å². The number of benzene rings is 1. The summed E-state index contributed by atoms with van der Waals surface area (Å²) in [6, 6.07) is 8.33. The van der Waals surface area contributed by atoms with Gasteiger partial charge >= 0.3 is 11.9 Å². The summed E-state index contributed by atoms with van der Waals surface area (Å²) in [5.74, 6) is -3.38. The topological polar surface area (TPSA) is 98.2 Å². The normalized spacial score (nSPS) is 17.0. The SMILES string of the molecule is O=C(CN1CCCCC1)N1CCCc2ccccc21.O=C(O)C(=O)O. The molecule has 0 aromatic heterocycles.